The number of ether oxygens (including phenoxy) is 1. The second kappa shape index (κ2) is 6.05. The molecule has 0 bridgehead atoms. The molecule has 3 rings (SSSR count). The third kappa shape index (κ3) is 3.45. The van der Waals surface area contributed by atoms with Crippen LogP contribution in [0, 0.1) is 6.92 Å². The Morgan fingerprint density at radius 3 is 2.70 bits per heavy atom. The van der Waals surface area contributed by atoms with Gasteiger partial charge in [-0.05, 0) is 27.2 Å². The Morgan fingerprint density at radius 2 is 2.13 bits per heavy atom. The summed E-state index contributed by atoms with van der Waals surface area (Å²) < 4.78 is 13.2. The first-order chi connectivity index (χ1) is 10.9. The molecule has 1 fully saturated rings. The average Bonchev–Trinajstić information content (AvgIpc) is 3.17. The lowest BCUT2D eigenvalue weighted by molar-refractivity contribution is 0.107. The molecule has 7 heteroatoms. The van der Waals surface area contributed by atoms with Gasteiger partial charge in [-0.3, -0.25) is 9.58 Å². The summed E-state index contributed by atoms with van der Waals surface area (Å²) in [5.74, 6) is 1.27. The fourth-order valence-electron chi connectivity index (χ4n) is 2.95. The van der Waals surface area contributed by atoms with Crippen molar-refractivity contribution in [1.82, 2.24) is 24.9 Å². The summed E-state index contributed by atoms with van der Waals surface area (Å²) in [5.41, 5.74) is 1.17. The molecule has 3 heterocycles. The van der Waals surface area contributed by atoms with Crippen molar-refractivity contribution >= 4 is 0 Å². The second-order valence-corrected chi connectivity index (χ2v) is 7.16. The summed E-state index contributed by atoms with van der Waals surface area (Å²) in [4.78, 5) is 2.32. The van der Waals surface area contributed by atoms with Crippen LogP contribution in [-0.2, 0) is 16.8 Å². The van der Waals surface area contributed by atoms with Gasteiger partial charge in [0, 0.05) is 38.9 Å². The van der Waals surface area contributed by atoms with Crippen LogP contribution in [0.2, 0.25) is 0 Å². The van der Waals surface area contributed by atoms with E-state index in [1.165, 1.54) is 5.56 Å². The number of nitrogens with zero attached hydrogens (tertiary/aromatic N) is 5. The highest BCUT2D eigenvalue weighted by Crippen LogP contribution is 2.33. The zero-order valence-electron chi connectivity index (χ0n) is 14.5. The first kappa shape index (κ1) is 16.1. The van der Waals surface area contributed by atoms with Crippen LogP contribution < -0.4 is 0 Å². The van der Waals surface area contributed by atoms with E-state index in [1.54, 1.807) is 7.11 Å². The van der Waals surface area contributed by atoms with E-state index in [1.807, 2.05) is 17.8 Å². The summed E-state index contributed by atoms with van der Waals surface area (Å²) in [7, 11) is 1.75. The molecule has 23 heavy (non-hydrogen) atoms. The van der Waals surface area contributed by atoms with Crippen LogP contribution >= 0.6 is 0 Å². The van der Waals surface area contributed by atoms with Gasteiger partial charge < -0.3 is 9.15 Å². The standard InChI is InChI=1S/C16H25N5O2/c1-11-18-19-15(23-11)14-6-13(22-5)10-20(14)8-12-7-17-21(9-12)16(2,3)4/h7,9,13-14H,6,8,10H2,1-5H3/t13-,14-/m1/s1. The fourth-order valence-corrected chi connectivity index (χ4v) is 2.95. The number of aromatic nitrogens is 4. The summed E-state index contributed by atoms with van der Waals surface area (Å²) in [6, 6.07) is 0.0964. The van der Waals surface area contributed by atoms with Crippen molar-refractivity contribution < 1.29 is 9.15 Å². The van der Waals surface area contributed by atoms with Crippen LogP contribution in [0.1, 0.15) is 50.6 Å². The molecule has 0 radical (unpaired) electrons. The Bertz CT molecular complexity index is 657. The van der Waals surface area contributed by atoms with Gasteiger partial charge in [0.25, 0.3) is 0 Å². The maximum Gasteiger partial charge on any atom is 0.233 e. The molecule has 0 amide bonds. The van der Waals surface area contributed by atoms with Crippen LogP contribution in [0.15, 0.2) is 16.8 Å². The number of likely N-dealkylation sites (tertiary alicyclic amines) is 1. The normalized spacial score (nSPS) is 22.8. The van der Waals surface area contributed by atoms with Gasteiger partial charge in [0.1, 0.15) is 0 Å². The van der Waals surface area contributed by atoms with E-state index in [2.05, 4.69) is 47.2 Å². The molecular weight excluding hydrogens is 294 g/mol. The van der Waals surface area contributed by atoms with Gasteiger partial charge in [0.05, 0.1) is 23.9 Å². The highest BCUT2D eigenvalue weighted by atomic mass is 16.5. The van der Waals surface area contributed by atoms with Crippen LogP contribution in [0.4, 0.5) is 0 Å². The molecule has 2 aromatic heterocycles. The lowest BCUT2D eigenvalue weighted by atomic mass is 10.1. The molecular formula is C16H25N5O2. The molecule has 126 valence electrons. The smallest absolute Gasteiger partial charge is 0.233 e. The Kier molecular flexibility index (Phi) is 4.25. The molecule has 1 saturated heterocycles. The fraction of sp³-hybridized carbons (Fsp3) is 0.688. The highest BCUT2D eigenvalue weighted by molar-refractivity contribution is 5.08. The number of aryl methyl sites for hydroxylation is 1. The summed E-state index contributed by atoms with van der Waals surface area (Å²) in [6.07, 6.45) is 5.09. The van der Waals surface area contributed by atoms with Crippen molar-refractivity contribution in [2.75, 3.05) is 13.7 Å². The number of hydrogen-bond donors (Lipinski definition) is 0. The zero-order chi connectivity index (χ0) is 16.6. The predicted octanol–water partition coefficient (Wildman–Crippen LogP) is 2.29. The van der Waals surface area contributed by atoms with Gasteiger partial charge in [-0.15, -0.1) is 10.2 Å². The molecule has 0 spiro atoms. The van der Waals surface area contributed by atoms with Gasteiger partial charge >= 0.3 is 0 Å². The SMILES string of the molecule is CO[C@@H]1C[C@H](c2nnc(C)o2)N(Cc2cnn(C(C)(C)C)c2)C1. The lowest BCUT2D eigenvalue weighted by Gasteiger charge is -2.21. The van der Waals surface area contributed by atoms with Crippen LogP contribution in [0.3, 0.4) is 0 Å². The van der Waals surface area contributed by atoms with Gasteiger partial charge in [-0.1, -0.05) is 0 Å². The molecule has 2 atom stereocenters. The molecule has 0 aliphatic carbocycles. The number of rotatable bonds is 4. The van der Waals surface area contributed by atoms with Gasteiger partial charge in [-0.25, -0.2) is 0 Å². The second-order valence-electron chi connectivity index (χ2n) is 7.16. The van der Waals surface area contributed by atoms with E-state index in [0.717, 1.165) is 19.5 Å². The van der Waals surface area contributed by atoms with E-state index in [-0.39, 0.29) is 17.7 Å². The Balaban J connectivity index is 1.77. The van der Waals surface area contributed by atoms with E-state index >= 15 is 0 Å². The van der Waals surface area contributed by atoms with Crippen molar-refractivity contribution in [1.29, 1.82) is 0 Å². The molecule has 1 aliphatic heterocycles. The molecule has 1 aliphatic rings. The van der Waals surface area contributed by atoms with Gasteiger partial charge in [0.2, 0.25) is 11.8 Å². The molecule has 0 unspecified atom stereocenters. The van der Waals surface area contributed by atoms with E-state index in [0.29, 0.717) is 11.8 Å². The Hall–Kier alpha value is -1.73. The Morgan fingerprint density at radius 1 is 1.35 bits per heavy atom. The van der Waals surface area contributed by atoms with Crippen molar-refractivity contribution in [2.45, 2.75) is 58.3 Å². The molecule has 2 aromatic rings. The first-order valence-electron chi connectivity index (χ1n) is 7.97. The topological polar surface area (TPSA) is 69.2 Å². The average molecular weight is 319 g/mol. The largest absolute Gasteiger partial charge is 0.424 e. The third-order valence-corrected chi connectivity index (χ3v) is 4.23. The third-order valence-electron chi connectivity index (χ3n) is 4.23. The lowest BCUT2D eigenvalue weighted by Crippen LogP contribution is -2.25. The molecule has 0 aromatic carbocycles. The van der Waals surface area contributed by atoms with Gasteiger partial charge in [0.15, 0.2) is 0 Å². The van der Waals surface area contributed by atoms with E-state index < -0.39 is 0 Å². The van der Waals surface area contributed by atoms with Crippen molar-refractivity contribution in [3.8, 4) is 0 Å². The number of hydrogen-bond acceptors (Lipinski definition) is 6. The summed E-state index contributed by atoms with van der Waals surface area (Å²) in [5, 5.41) is 12.6. The highest BCUT2D eigenvalue weighted by Gasteiger charge is 2.36. The van der Waals surface area contributed by atoms with Crippen LogP contribution in [-0.4, -0.2) is 44.6 Å². The predicted molar refractivity (Wildman–Crippen MR) is 84.8 cm³/mol. The van der Waals surface area contributed by atoms with Crippen LogP contribution in [0.25, 0.3) is 0 Å². The minimum absolute atomic E-state index is 0.0126. The quantitative estimate of drug-likeness (QED) is 0.861. The summed E-state index contributed by atoms with van der Waals surface area (Å²) in [6.45, 7) is 9.89. The molecule has 0 N–H and O–H groups in total. The van der Waals surface area contributed by atoms with Gasteiger partial charge in [-0.2, -0.15) is 5.10 Å². The maximum absolute atomic E-state index is 5.65. The van der Waals surface area contributed by atoms with Crippen molar-refractivity contribution in [3.05, 3.63) is 29.7 Å². The summed E-state index contributed by atoms with van der Waals surface area (Å²) >= 11 is 0. The molecule has 0 saturated carbocycles. The molecule has 7 nitrogen and oxygen atoms in total. The monoisotopic (exact) mass is 319 g/mol. The minimum Gasteiger partial charge on any atom is -0.424 e. The first-order valence-corrected chi connectivity index (χ1v) is 7.97. The van der Waals surface area contributed by atoms with Crippen molar-refractivity contribution in [3.63, 3.8) is 0 Å². The zero-order valence-corrected chi connectivity index (χ0v) is 14.5. The number of methoxy groups -OCH3 is 1. The maximum atomic E-state index is 5.65. The van der Waals surface area contributed by atoms with E-state index in [9.17, 15) is 0 Å². The van der Waals surface area contributed by atoms with Crippen molar-refractivity contribution in [2.24, 2.45) is 0 Å². The van der Waals surface area contributed by atoms with E-state index in [4.69, 9.17) is 9.15 Å². The Labute approximate surface area is 136 Å². The van der Waals surface area contributed by atoms with Crippen LogP contribution in [0.5, 0.6) is 0 Å². The minimum atomic E-state index is -0.0126.